The van der Waals surface area contributed by atoms with Crippen molar-refractivity contribution in [2.24, 2.45) is 5.41 Å². The minimum Gasteiger partial charge on any atom is -0.393 e. The van der Waals surface area contributed by atoms with Gasteiger partial charge in [0, 0.05) is 27.1 Å². The molecule has 2 aliphatic rings. The second kappa shape index (κ2) is 2.44. The second-order valence-electron chi connectivity index (χ2n) is 4.23. The molecule has 0 radical (unpaired) electrons. The van der Waals surface area contributed by atoms with E-state index in [4.69, 9.17) is 9.47 Å². The van der Waals surface area contributed by atoms with E-state index in [1.54, 1.807) is 14.2 Å². The van der Waals surface area contributed by atoms with E-state index in [1.165, 1.54) is 0 Å². The molecule has 2 rings (SSSR count). The topological polar surface area (TPSA) is 38.7 Å². The summed E-state index contributed by atoms with van der Waals surface area (Å²) in [5, 5.41) is 9.18. The van der Waals surface area contributed by atoms with Crippen LogP contribution in [0.1, 0.15) is 25.7 Å². The maximum atomic E-state index is 9.18. The summed E-state index contributed by atoms with van der Waals surface area (Å²) in [4.78, 5) is 0. The summed E-state index contributed by atoms with van der Waals surface area (Å²) in [6.45, 7) is 0. The van der Waals surface area contributed by atoms with Gasteiger partial charge in [0.25, 0.3) is 0 Å². The van der Waals surface area contributed by atoms with E-state index in [9.17, 15) is 5.11 Å². The predicted molar refractivity (Wildman–Crippen MR) is 43.7 cm³/mol. The first-order chi connectivity index (χ1) is 5.64. The Labute approximate surface area is 72.7 Å². The SMILES string of the molecule is COC1(OC)CC2(CC(O)C2)C1. The summed E-state index contributed by atoms with van der Waals surface area (Å²) in [5.74, 6) is -0.333. The number of aliphatic hydroxyl groups is 1. The van der Waals surface area contributed by atoms with Gasteiger partial charge in [0.1, 0.15) is 0 Å². The molecule has 3 nitrogen and oxygen atoms in total. The Kier molecular flexibility index (Phi) is 1.72. The number of aliphatic hydroxyl groups excluding tert-OH is 1. The molecular weight excluding hydrogens is 156 g/mol. The Morgan fingerprint density at radius 3 is 2.00 bits per heavy atom. The fourth-order valence-corrected chi connectivity index (χ4v) is 2.69. The van der Waals surface area contributed by atoms with Crippen LogP contribution < -0.4 is 0 Å². The highest BCUT2D eigenvalue weighted by Crippen LogP contribution is 2.61. The first kappa shape index (κ1) is 8.48. The van der Waals surface area contributed by atoms with Gasteiger partial charge in [0.2, 0.25) is 0 Å². The molecule has 2 saturated carbocycles. The van der Waals surface area contributed by atoms with Crippen LogP contribution >= 0.6 is 0 Å². The molecule has 70 valence electrons. The fraction of sp³-hybridized carbons (Fsp3) is 1.00. The van der Waals surface area contributed by atoms with Crippen LogP contribution in [0.25, 0.3) is 0 Å². The fourth-order valence-electron chi connectivity index (χ4n) is 2.69. The van der Waals surface area contributed by atoms with Gasteiger partial charge in [-0.3, -0.25) is 0 Å². The summed E-state index contributed by atoms with van der Waals surface area (Å²) >= 11 is 0. The quantitative estimate of drug-likeness (QED) is 0.629. The molecule has 0 aromatic carbocycles. The van der Waals surface area contributed by atoms with Crippen LogP contribution in [-0.2, 0) is 9.47 Å². The largest absolute Gasteiger partial charge is 0.393 e. The Hall–Kier alpha value is -0.120. The molecule has 0 saturated heterocycles. The number of ether oxygens (including phenoxy) is 2. The van der Waals surface area contributed by atoms with Crippen molar-refractivity contribution in [2.75, 3.05) is 14.2 Å². The smallest absolute Gasteiger partial charge is 0.168 e. The molecule has 0 heterocycles. The van der Waals surface area contributed by atoms with Crippen molar-refractivity contribution in [1.82, 2.24) is 0 Å². The first-order valence-electron chi connectivity index (χ1n) is 4.42. The van der Waals surface area contributed by atoms with E-state index in [0.717, 1.165) is 25.7 Å². The predicted octanol–water partition coefficient (Wildman–Crippen LogP) is 0.910. The zero-order valence-electron chi connectivity index (χ0n) is 7.67. The molecule has 0 unspecified atom stereocenters. The van der Waals surface area contributed by atoms with Crippen molar-refractivity contribution >= 4 is 0 Å². The van der Waals surface area contributed by atoms with E-state index < -0.39 is 0 Å². The van der Waals surface area contributed by atoms with Crippen molar-refractivity contribution in [2.45, 2.75) is 37.6 Å². The number of hydrogen-bond acceptors (Lipinski definition) is 3. The van der Waals surface area contributed by atoms with Crippen LogP contribution in [0.3, 0.4) is 0 Å². The second-order valence-corrected chi connectivity index (χ2v) is 4.23. The molecule has 1 spiro atoms. The summed E-state index contributed by atoms with van der Waals surface area (Å²) in [6.07, 6.45) is 3.69. The molecule has 3 heteroatoms. The van der Waals surface area contributed by atoms with Crippen LogP contribution in [0.5, 0.6) is 0 Å². The van der Waals surface area contributed by atoms with Crippen LogP contribution in [0, 0.1) is 5.41 Å². The van der Waals surface area contributed by atoms with E-state index in [-0.39, 0.29) is 11.9 Å². The summed E-state index contributed by atoms with van der Waals surface area (Å²) in [5.41, 5.74) is 0.353. The van der Waals surface area contributed by atoms with Crippen molar-refractivity contribution in [3.63, 3.8) is 0 Å². The Morgan fingerprint density at radius 2 is 1.67 bits per heavy atom. The number of methoxy groups -OCH3 is 2. The minimum atomic E-state index is -0.333. The monoisotopic (exact) mass is 172 g/mol. The van der Waals surface area contributed by atoms with Gasteiger partial charge in [-0.2, -0.15) is 0 Å². The van der Waals surface area contributed by atoms with Crippen LogP contribution in [0.2, 0.25) is 0 Å². The molecule has 1 N–H and O–H groups in total. The van der Waals surface area contributed by atoms with E-state index in [0.29, 0.717) is 5.41 Å². The standard InChI is InChI=1S/C9H16O3/c1-11-9(12-2)5-8(6-9)3-7(10)4-8/h7,10H,3-6H2,1-2H3. The molecule has 0 aliphatic heterocycles. The van der Waals surface area contributed by atoms with Gasteiger partial charge in [-0.25, -0.2) is 0 Å². The van der Waals surface area contributed by atoms with E-state index in [2.05, 4.69) is 0 Å². The third-order valence-electron chi connectivity index (χ3n) is 3.37. The highest BCUT2D eigenvalue weighted by molar-refractivity contribution is 5.07. The lowest BCUT2D eigenvalue weighted by Gasteiger charge is -2.60. The summed E-state index contributed by atoms with van der Waals surface area (Å²) in [7, 11) is 3.37. The number of rotatable bonds is 2. The molecule has 12 heavy (non-hydrogen) atoms. The van der Waals surface area contributed by atoms with Crippen molar-refractivity contribution < 1.29 is 14.6 Å². The highest BCUT2D eigenvalue weighted by atomic mass is 16.7. The first-order valence-corrected chi connectivity index (χ1v) is 4.42. The molecule has 0 atom stereocenters. The van der Waals surface area contributed by atoms with Crippen LogP contribution in [0.4, 0.5) is 0 Å². The number of hydrogen-bond donors (Lipinski definition) is 1. The third kappa shape index (κ3) is 1.00. The molecule has 0 amide bonds. The normalized spacial score (nSPS) is 31.2. The molecule has 2 fully saturated rings. The lowest BCUT2D eigenvalue weighted by molar-refractivity contribution is -0.321. The van der Waals surface area contributed by atoms with Gasteiger partial charge in [-0.1, -0.05) is 0 Å². The Morgan fingerprint density at radius 1 is 1.17 bits per heavy atom. The van der Waals surface area contributed by atoms with Gasteiger partial charge < -0.3 is 14.6 Å². The van der Waals surface area contributed by atoms with Gasteiger partial charge in [0.05, 0.1) is 6.10 Å². The zero-order valence-corrected chi connectivity index (χ0v) is 7.67. The lowest BCUT2D eigenvalue weighted by atomic mass is 9.52. The molecular formula is C9H16O3. The van der Waals surface area contributed by atoms with Gasteiger partial charge in [-0.05, 0) is 18.3 Å². The zero-order chi connectivity index (χ0) is 8.82. The van der Waals surface area contributed by atoms with Gasteiger partial charge in [-0.15, -0.1) is 0 Å². The van der Waals surface area contributed by atoms with E-state index in [1.807, 2.05) is 0 Å². The average molecular weight is 172 g/mol. The third-order valence-corrected chi connectivity index (χ3v) is 3.37. The summed E-state index contributed by atoms with van der Waals surface area (Å²) < 4.78 is 10.6. The summed E-state index contributed by atoms with van der Waals surface area (Å²) in [6, 6.07) is 0. The van der Waals surface area contributed by atoms with Crippen LogP contribution in [-0.4, -0.2) is 31.2 Å². The maximum Gasteiger partial charge on any atom is 0.168 e. The van der Waals surface area contributed by atoms with Crippen molar-refractivity contribution in [3.8, 4) is 0 Å². The Bertz CT molecular complexity index is 170. The Balaban J connectivity index is 1.90. The molecule has 0 aromatic heterocycles. The van der Waals surface area contributed by atoms with Crippen molar-refractivity contribution in [1.29, 1.82) is 0 Å². The molecule has 0 bridgehead atoms. The maximum absolute atomic E-state index is 9.18. The van der Waals surface area contributed by atoms with Crippen molar-refractivity contribution in [3.05, 3.63) is 0 Å². The van der Waals surface area contributed by atoms with Gasteiger partial charge >= 0.3 is 0 Å². The van der Waals surface area contributed by atoms with Crippen LogP contribution in [0.15, 0.2) is 0 Å². The lowest BCUT2D eigenvalue weighted by Crippen LogP contribution is -2.60. The molecule has 0 aromatic rings. The minimum absolute atomic E-state index is 0.0725. The average Bonchev–Trinajstić information content (AvgIpc) is 1.94. The highest BCUT2D eigenvalue weighted by Gasteiger charge is 2.61. The van der Waals surface area contributed by atoms with E-state index >= 15 is 0 Å². The molecule has 2 aliphatic carbocycles. The van der Waals surface area contributed by atoms with Gasteiger partial charge in [0.15, 0.2) is 5.79 Å².